The molecule has 3 aromatic carbocycles. The van der Waals surface area contributed by atoms with Gasteiger partial charge in [0.2, 0.25) is 11.8 Å². The molecular weight excluding hydrogens is 1020 g/mol. The number of aromatic nitrogens is 5. The van der Waals surface area contributed by atoms with Crippen LogP contribution in [0.15, 0.2) is 70.8 Å². The zero-order valence-corrected chi connectivity index (χ0v) is 45.4. The van der Waals surface area contributed by atoms with Crippen molar-refractivity contribution < 1.29 is 32.7 Å². The number of hydrogen-bond acceptors (Lipinski definition) is 15. The number of amides is 2. The largest absolute Gasteiger partial charge is 0.508 e. The third-order valence-electron chi connectivity index (χ3n) is 17.1. The predicted molar refractivity (Wildman–Crippen MR) is 300 cm³/mol. The number of hydrogen-bond donors (Lipinski definition) is 3. The number of piperazine rings is 1. The first-order valence-corrected chi connectivity index (χ1v) is 28.8. The van der Waals surface area contributed by atoms with Crippen molar-refractivity contribution in [3.05, 3.63) is 101 Å². The summed E-state index contributed by atoms with van der Waals surface area (Å²) in [5.41, 5.74) is 4.98. The number of anilines is 2. The molecule has 0 spiro atoms. The Balaban J connectivity index is 0.617. The zero-order chi connectivity index (χ0) is 54.3. The molecule has 2 bridgehead atoms. The summed E-state index contributed by atoms with van der Waals surface area (Å²) in [7, 11) is 0. The molecule has 19 heteroatoms. The minimum atomic E-state index is -0.741. The van der Waals surface area contributed by atoms with Gasteiger partial charge in [0.15, 0.2) is 11.6 Å². The molecule has 0 radical (unpaired) electrons. The molecule has 4 aromatic heterocycles. The van der Waals surface area contributed by atoms with Crippen LogP contribution in [0, 0.1) is 42.7 Å². The molecule has 2 amide bonds. The van der Waals surface area contributed by atoms with E-state index in [-0.39, 0.29) is 63.8 Å². The highest BCUT2D eigenvalue weighted by Gasteiger charge is 2.37. The quantitative estimate of drug-likeness (QED) is 0.0829. The fourth-order valence-electron chi connectivity index (χ4n) is 12.8. The maximum atomic E-state index is 17.1. The number of carbonyl (C=O) groups excluding carboxylic acids is 2. The number of benzene rings is 3. The fraction of sp³-hybridized carbons (Fsp3) is 0.450. The van der Waals surface area contributed by atoms with Crippen LogP contribution in [0.25, 0.3) is 43.4 Å². The number of rotatable bonds is 15. The minimum absolute atomic E-state index is 0.0255. The van der Waals surface area contributed by atoms with E-state index in [0.29, 0.717) is 85.5 Å². The lowest BCUT2D eigenvalue weighted by Crippen LogP contribution is -2.51. The average molecular weight is 1090 g/mol. The first kappa shape index (κ1) is 52.4. The highest BCUT2D eigenvalue weighted by molar-refractivity contribution is 7.13. The van der Waals surface area contributed by atoms with Crippen LogP contribution in [0.5, 0.6) is 11.8 Å². The molecule has 9 heterocycles. The molecule has 5 aliphatic rings. The van der Waals surface area contributed by atoms with Gasteiger partial charge in [-0.1, -0.05) is 41.4 Å². The summed E-state index contributed by atoms with van der Waals surface area (Å²) in [5, 5.41) is 23.0. The van der Waals surface area contributed by atoms with Crippen molar-refractivity contribution in [3.63, 3.8) is 0 Å². The number of ether oxygens (including phenoxy) is 1. The second kappa shape index (κ2) is 22.5. The van der Waals surface area contributed by atoms with Crippen LogP contribution in [0.1, 0.15) is 93.3 Å². The SMILES string of the molecule is C#Cc1c(F)ccc2cc(O)cc(-c3ncc4c(N5CC6CCC(C5)N6)nc(OCCN5CCC(CC6CCN(c7cc(CC(=O)N8CCCC8C(=O)NC(C)c8ccc(-c9scnc9C)cc8)on7)CC6)CC5)nc4c3F)c12. The van der Waals surface area contributed by atoms with Gasteiger partial charge >= 0.3 is 6.01 Å². The highest BCUT2D eigenvalue weighted by atomic mass is 32.1. The lowest BCUT2D eigenvalue weighted by atomic mass is 9.83. The van der Waals surface area contributed by atoms with Gasteiger partial charge < -0.3 is 39.7 Å². The van der Waals surface area contributed by atoms with Gasteiger partial charge in [-0.25, -0.2) is 13.8 Å². The summed E-state index contributed by atoms with van der Waals surface area (Å²) < 4.78 is 44.1. The van der Waals surface area contributed by atoms with Crippen LogP contribution >= 0.6 is 11.3 Å². The number of likely N-dealkylation sites (tertiary alicyclic amines) is 2. The summed E-state index contributed by atoms with van der Waals surface area (Å²) in [4.78, 5) is 55.3. The van der Waals surface area contributed by atoms with Gasteiger partial charge in [-0.2, -0.15) is 9.97 Å². The van der Waals surface area contributed by atoms with E-state index in [2.05, 4.69) is 63.5 Å². The fourth-order valence-corrected chi connectivity index (χ4v) is 13.6. The van der Waals surface area contributed by atoms with Gasteiger partial charge in [-0.05, 0) is 131 Å². The number of thiazole rings is 1. The van der Waals surface area contributed by atoms with Crippen LogP contribution in [-0.4, -0.2) is 129 Å². The maximum Gasteiger partial charge on any atom is 0.319 e. The number of carbonyl (C=O) groups is 2. The molecule has 410 valence electrons. The molecule has 16 nitrogen and oxygen atoms in total. The van der Waals surface area contributed by atoms with E-state index in [1.54, 1.807) is 22.4 Å². The van der Waals surface area contributed by atoms with E-state index in [0.717, 1.165) is 98.6 Å². The number of nitrogens with zero attached hydrogens (tertiary/aromatic N) is 9. The van der Waals surface area contributed by atoms with E-state index in [1.807, 2.05) is 37.6 Å². The van der Waals surface area contributed by atoms with Crippen molar-refractivity contribution in [2.24, 2.45) is 11.8 Å². The number of aryl methyl sites for hydroxylation is 1. The molecule has 3 N–H and O–H groups in total. The lowest BCUT2D eigenvalue weighted by molar-refractivity contribution is -0.138. The summed E-state index contributed by atoms with van der Waals surface area (Å²) in [6, 6.07) is 15.6. The molecule has 0 aliphatic carbocycles. The number of terminal acetylenes is 1. The van der Waals surface area contributed by atoms with Crippen molar-refractivity contribution in [1.29, 1.82) is 0 Å². The van der Waals surface area contributed by atoms with Gasteiger partial charge in [0.1, 0.15) is 47.0 Å². The van der Waals surface area contributed by atoms with Crippen molar-refractivity contribution in [2.45, 2.75) is 102 Å². The Labute approximate surface area is 461 Å². The van der Waals surface area contributed by atoms with Crippen molar-refractivity contribution >= 4 is 56.5 Å². The Hall–Kier alpha value is -7.27. The van der Waals surface area contributed by atoms with Gasteiger partial charge in [0.25, 0.3) is 0 Å². The molecule has 7 aromatic rings. The third-order valence-corrected chi connectivity index (χ3v) is 18.1. The minimum Gasteiger partial charge on any atom is -0.508 e. The number of phenols is 1. The van der Waals surface area contributed by atoms with Crippen molar-refractivity contribution in [3.8, 4) is 45.8 Å². The second-order valence-corrected chi connectivity index (χ2v) is 23.1. The Morgan fingerprint density at radius 3 is 2.43 bits per heavy atom. The molecular formula is C60H65F2N11O5S. The van der Waals surface area contributed by atoms with Gasteiger partial charge in [0, 0.05) is 74.6 Å². The highest BCUT2D eigenvalue weighted by Crippen LogP contribution is 2.40. The van der Waals surface area contributed by atoms with E-state index in [1.165, 1.54) is 30.7 Å². The van der Waals surface area contributed by atoms with E-state index in [9.17, 15) is 14.7 Å². The molecule has 79 heavy (non-hydrogen) atoms. The number of phenolic OH excluding ortho intramolecular Hbond substituents is 1. The second-order valence-electron chi connectivity index (χ2n) is 22.2. The zero-order valence-electron chi connectivity index (χ0n) is 44.6. The van der Waals surface area contributed by atoms with Crippen LogP contribution < -0.4 is 25.2 Å². The molecule has 4 unspecified atom stereocenters. The normalized spacial score (nSPS) is 20.5. The summed E-state index contributed by atoms with van der Waals surface area (Å²) in [6.45, 7) is 10.5. The van der Waals surface area contributed by atoms with Gasteiger partial charge in [-0.3, -0.25) is 19.5 Å². The van der Waals surface area contributed by atoms with E-state index < -0.39 is 17.7 Å². The first-order chi connectivity index (χ1) is 38.4. The standard InChI is InChI=1S/C60H65F2N11O5S/c1-4-46-49(61)14-11-41-27-44(74)28-47(53(41)46)55-54(62)56-48(31-63-55)58(72-32-42-12-13-43(33-72)66-42)68-60(67-56)77-25-24-70-20-15-37(16-21-70)26-38-17-22-71(23-18-38)51-29-45(78-69-51)30-52(75)73-19-5-6-50(73)59(76)65-35(2)39-7-9-40(10-8-39)57-36(3)64-34-79-57/h1,7-11,14,27-29,31,34-35,37-38,42-43,50,66,74H,5-6,12-13,15-26,30,32-33H2,2-3H3,(H,65,76). The van der Waals surface area contributed by atoms with E-state index in [4.69, 9.17) is 20.7 Å². The van der Waals surface area contributed by atoms with Gasteiger partial charge in [-0.15, -0.1) is 17.8 Å². The molecule has 5 fully saturated rings. The number of piperidine rings is 2. The Morgan fingerprint density at radius 1 is 0.937 bits per heavy atom. The number of nitrogens with one attached hydrogen (secondary N) is 2. The average Bonchev–Trinajstić information content (AvgIpc) is 4.42. The predicted octanol–water partition coefficient (Wildman–Crippen LogP) is 8.98. The molecule has 5 aliphatic heterocycles. The number of halogens is 2. The number of pyridine rings is 1. The topological polar surface area (TPSA) is 178 Å². The van der Waals surface area contributed by atoms with Crippen LogP contribution in [0.4, 0.5) is 20.4 Å². The van der Waals surface area contributed by atoms with Crippen molar-refractivity contribution in [1.82, 2.24) is 45.5 Å². The Kier molecular flexibility index (Phi) is 14.9. The monoisotopic (exact) mass is 1090 g/mol. The molecule has 5 saturated heterocycles. The van der Waals surface area contributed by atoms with Gasteiger partial charge in [0.05, 0.1) is 39.5 Å². The number of aromatic hydroxyl groups is 1. The lowest BCUT2D eigenvalue weighted by Gasteiger charge is -2.36. The third kappa shape index (κ3) is 10.9. The summed E-state index contributed by atoms with van der Waals surface area (Å²) >= 11 is 1.61. The molecule has 0 saturated carbocycles. The first-order valence-electron chi connectivity index (χ1n) is 27.9. The van der Waals surface area contributed by atoms with Crippen LogP contribution in [0.2, 0.25) is 0 Å². The number of fused-ring (bicyclic) bond motifs is 4. The maximum absolute atomic E-state index is 17.1. The Bertz CT molecular complexity index is 3430. The Morgan fingerprint density at radius 2 is 1.70 bits per heavy atom. The smallest absolute Gasteiger partial charge is 0.319 e. The van der Waals surface area contributed by atoms with Crippen LogP contribution in [-0.2, 0) is 16.0 Å². The van der Waals surface area contributed by atoms with Crippen molar-refractivity contribution in [2.75, 3.05) is 68.8 Å². The summed E-state index contributed by atoms with van der Waals surface area (Å²) in [5.74, 6) is 3.69. The molecule has 12 rings (SSSR count). The van der Waals surface area contributed by atoms with E-state index >= 15 is 8.78 Å². The summed E-state index contributed by atoms with van der Waals surface area (Å²) in [6.07, 6.45) is 16.4. The van der Waals surface area contributed by atoms with Crippen LogP contribution in [0.3, 0.4) is 0 Å². The molecule has 4 atom stereocenters.